The topological polar surface area (TPSA) is 47.9 Å². The van der Waals surface area contributed by atoms with Crippen molar-refractivity contribution in [2.75, 3.05) is 27.7 Å². The van der Waals surface area contributed by atoms with Gasteiger partial charge in [-0.2, -0.15) is 0 Å². The summed E-state index contributed by atoms with van der Waals surface area (Å²) in [7, 11) is 5.46. The predicted octanol–water partition coefficient (Wildman–Crippen LogP) is 3.03. The van der Waals surface area contributed by atoms with Crippen molar-refractivity contribution in [3.8, 4) is 0 Å². The maximum absolute atomic E-state index is 11.8. The SMILES string of the molecule is CN(C)C(=O)CN=C(NCc1cccs1)N(C)Cc1ccccc1.I. The molecular weight excluding hydrogens is 447 g/mol. The van der Waals surface area contributed by atoms with E-state index in [1.54, 1.807) is 30.3 Å². The number of rotatable bonds is 6. The van der Waals surface area contributed by atoms with Crippen molar-refractivity contribution in [3.63, 3.8) is 0 Å². The molecule has 25 heavy (non-hydrogen) atoms. The summed E-state index contributed by atoms with van der Waals surface area (Å²) in [5, 5.41) is 5.40. The van der Waals surface area contributed by atoms with E-state index in [1.165, 1.54) is 10.4 Å². The Morgan fingerprint density at radius 2 is 1.84 bits per heavy atom. The predicted molar refractivity (Wildman–Crippen MR) is 115 cm³/mol. The Kier molecular flexibility index (Phi) is 9.51. The molecule has 1 N–H and O–H groups in total. The summed E-state index contributed by atoms with van der Waals surface area (Å²) in [5.74, 6) is 0.709. The first kappa shape index (κ1) is 21.4. The number of likely N-dealkylation sites (N-methyl/N-ethyl adjacent to an activating group) is 1. The van der Waals surface area contributed by atoms with Gasteiger partial charge in [-0.3, -0.25) is 4.79 Å². The van der Waals surface area contributed by atoms with Gasteiger partial charge in [-0.25, -0.2) is 4.99 Å². The molecule has 1 aromatic carbocycles. The van der Waals surface area contributed by atoms with Crippen LogP contribution in [0.3, 0.4) is 0 Å². The van der Waals surface area contributed by atoms with E-state index in [4.69, 9.17) is 0 Å². The van der Waals surface area contributed by atoms with Gasteiger partial charge in [-0.05, 0) is 17.0 Å². The third-order valence-electron chi connectivity index (χ3n) is 3.49. The van der Waals surface area contributed by atoms with Gasteiger partial charge in [-0.15, -0.1) is 35.3 Å². The Hall–Kier alpha value is -1.61. The van der Waals surface area contributed by atoms with Crippen molar-refractivity contribution >= 4 is 47.2 Å². The highest BCUT2D eigenvalue weighted by atomic mass is 127. The fourth-order valence-corrected chi connectivity index (χ4v) is 2.75. The van der Waals surface area contributed by atoms with Gasteiger partial charge in [0.25, 0.3) is 0 Å². The molecule has 136 valence electrons. The van der Waals surface area contributed by atoms with E-state index >= 15 is 0 Å². The molecule has 0 spiro atoms. The largest absolute Gasteiger partial charge is 0.351 e. The Morgan fingerprint density at radius 3 is 2.44 bits per heavy atom. The van der Waals surface area contributed by atoms with Gasteiger partial charge in [0, 0.05) is 32.6 Å². The number of nitrogens with zero attached hydrogens (tertiary/aromatic N) is 3. The van der Waals surface area contributed by atoms with Crippen molar-refractivity contribution in [2.24, 2.45) is 4.99 Å². The van der Waals surface area contributed by atoms with Crippen molar-refractivity contribution < 1.29 is 4.79 Å². The van der Waals surface area contributed by atoms with E-state index in [9.17, 15) is 4.79 Å². The number of nitrogens with one attached hydrogen (secondary N) is 1. The minimum absolute atomic E-state index is 0. The third kappa shape index (κ3) is 7.43. The van der Waals surface area contributed by atoms with Crippen molar-refractivity contribution in [1.29, 1.82) is 0 Å². The van der Waals surface area contributed by atoms with Gasteiger partial charge >= 0.3 is 0 Å². The van der Waals surface area contributed by atoms with Crippen LogP contribution in [0.15, 0.2) is 52.8 Å². The molecule has 0 radical (unpaired) electrons. The summed E-state index contributed by atoms with van der Waals surface area (Å²) in [4.78, 5) is 21.1. The van der Waals surface area contributed by atoms with Gasteiger partial charge in [0.2, 0.25) is 5.91 Å². The second-order valence-corrected chi connectivity index (χ2v) is 6.73. The molecule has 1 amide bonds. The van der Waals surface area contributed by atoms with Crippen molar-refractivity contribution in [1.82, 2.24) is 15.1 Å². The summed E-state index contributed by atoms with van der Waals surface area (Å²) < 4.78 is 0. The smallest absolute Gasteiger partial charge is 0.243 e. The molecule has 0 unspecified atom stereocenters. The number of carbonyl (C=O) groups is 1. The molecule has 1 heterocycles. The molecule has 2 aromatic rings. The Labute approximate surface area is 170 Å². The lowest BCUT2D eigenvalue weighted by atomic mass is 10.2. The summed E-state index contributed by atoms with van der Waals surface area (Å²) in [6, 6.07) is 14.3. The molecule has 0 aliphatic rings. The number of halogens is 1. The average Bonchev–Trinajstić information content (AvgIpc) is 3.08. The van der Waals surface area contributed by atoms with Crippen LogP contribution in [0.5, 0.6) is 0 Å². The number of aliphatic imine (C=N–C) groups is 1. The molecule has 1 aromatic heterocycles. The summed E-state index contributed by atoms with van der Waals surface area (Å²) >= 11 is 1.70. The molecular formula is C18H25IN4OS. The molecule has 0 saturated heterocycles. The highest BCUT2D eigenvalue weighted by molar-refractivity contribution is 14.0. The van der Waals surface area contributed by atoms with Crippen LogP contribution in [-0.2, 0) is 17.9 Å². The number of guanidine groups is 1. The summed E-state index contributed by atoms with van der Waals surface area (Å²) in [6.45, 7) is 1.57. The number of amides is 1. The molecule has 0 fully saturated rings. The van der Waals surface area contributed by atoms with E-state index in [0.29, 0.717) is 6.54 Å². The second-order valence-electron chi connectivity index (χ2n) is 5.70. The van der Waals surface area contributed by atoms with E-state index in [2.05, 4.69) is 33.9 Å². The fourth-order valence-electron chi connectivity index (χ4n) is 2.11. The third-order valence-corrected chi connectivity index (χ3v) is 4.36. The molecule has 5 nitrogen and oxygen atoms in total. The van der Waals surface area contributed by atoms with Crippen LogP contribution in [0.2, 0.25) is 0 Å². The minimum Gasteiger partial charge on any atom is -0.351 e. The van der Waals surface area contributed by atoms with Crippen LogP contribution < -0.4 is 5.32 Å². The maximum Gasteiger partial charge on any atom is 0.243 e. The molecule has 2 rings (SSSR count). The molecule has 0 atom stereocenters. The van der Waals surface area contributed by atoms with E-state index in [1.807, 2.05) is 36.2 Å². The van der Waals surface area contributed by atoms with Crippen LogP contribution in [0.1, 0.15) is 10.4 Å². The van der Waals surface area contributed by atoms with E-state index < -0.39 is 0 Å². The number of hydrogen-bond donors (Lipinski definition) is 1. The second kappa shape index (κ2) is 11.1. The first-order chi connectivity index (χ1) is 11.6. The number of thiophene rings is 1. The monoisotopic (exact) mass is 472 g/mol. The standard InChI is InChI=1S/C18H24N4OS.HI/c1-21(2)17(23)13-20-18(19-12-16-10-7-11-24-16)22(3)14-15-8-5-4-6-9-15;/h4-11H,12-14H2,1-3H3,(H,19,20);1H. The first-order valence-corrected chi connectivity index (χ1v) is 8.70. The zero-order valence-corrected chi connectivity index (χ0v) is 18.0. The Morgan fingerprint density at radius 1 is 1.12 bits per heavy atom. The van der Waals surface area contributed by atoms with Crippen LogP contribution in [0.4, 0.5) is 0 Å². The average molecular weight is 472 g/mol. The first-order valence-electron chi connectivity index (χ1n) is 7.82. The van der Waals surface area contributed by atoms with Gasteiger partial charge in [-0.1, -0.05) is 36.4 Å². The van der Waals surface area contributed by atoms with E-state index in [-0.39, 0.29) is 36.4 Å². The van der Waals surface area contributed by atoms with Gasteiger partial charge in [0.15, 0.2) is 5.96 Å². The minimum atomic E-state index is -0.0152. The molecule has 7 heteroatoms. The van der Waals surface area contributed by atoms with Crippen LogP contribution in [-0.4, -0.2) is 49.4 Å². The Bertz CT molecular complexity index is 659. The zero-order valence-electron chi connectivity index (χ0n) is 14.8. The number of carbonyl (C=O) groups excluding carboxylic acids is 1. The lowest BCUT2D eigenvalue weighted by molar-refractivity contribution is -0.127. The van der Waals surface area contributed by atoms with Gasteiger partial charge in [0.1, 0.15) is 6.54 Å². The lowest BCUT2D eigenvalue weighted by Gasteiger charge is -2.22. The van der Waals surface area contributed by atoms with Crippen LogP contribution >= 0.6 is 35.3 Å². The van der Waals surface area contributed by atoms with Gasteiger partial charge in [0.05, 0.1) is 6.54 Å². The highest BCUT2D eigenvalue weighted by Crippen LogP contribution is 2.08. The molecule has 0 saturated carbocycles. The Balaban J connectivity index is 0.00000312. The summed E-state index contributed by atoms with van der Waals surface area (Å²) in [6.07, 6.45) is 0. The molecule has 0 bridgehead atoms. The highest BCUT2D eigenvalue weighted by Gasteiger charge is 2.10. The number of benzene rings is 1. The number of hydrogen-bond acceptors (Lipinski definition) is 3. The normalized spacial score (nSPS) is 10.8. The molecule has 0 aliphatic carbocycles. The zero-order chi connectivity index (χ0) is 17.4. The lowest BCUT2D eigenvalue weighted by Crippen LogP contribution is -2.39. The van der Waals surface area contributed by atoms with E-state index in [0.717, 1.165) is 12.5 Å². The summed E-state index contributed by atoms with van der Waals surface area (Å²) in [5.41, 5.74) is 1.20. The van der Waals surface area contributed by atoms with Gasteiger partial charge < -0.3 is 15.1 Å². The van der Waals surface area contributed by atoms with Crippen LogP contribution in [0, 0.1) is 0 Å². The van der Waals surface area contributed by atoms with Crippen LogP contribution in [0.25, 0.3) is 0 Å². The quantitative estimate of drug-likeness (QED) is 0.400. The molecule has 0 aliphatic heterocycles. The maximum atomic E-state index is 11.8. The van der Waals surface area contributed by atoms with Crippen molar-refractivity contribution in [2.45, 2.75) is 13.1 Å². The van der Waals surface area contributed by atoms with Crippen molar-refractivity contribution in [3.05, 3.63) is 58.3 Å². The fraction of sp³-hybridized carbons (Fsp3) is 0.333.